The van der Waals surface area contributed by atoms with Gasteiger partial charge in [-0.3, -0.25) is 0 Å². The molecule has 1 heterocycles. The summed E-state index contributed by atoms with van der Waals surface area (Å²) in [4.78, 5) is 0. The number of ether oxygens (including phenoxy) is 1. The van der Waals surface area contributed by atoms with E-state index in [9.17, 15) is 5.11 Å². The average Bonchev–Trinajstić information content (AvgIpc) is 2.78. The fourth-order valence-electron chi connectivity index (χ4n) is 1.57. The topological polar surface area (TPSA) is 55.5 Å². The van der Waals surface area contributed by atoms with Crippen LogP contribution < -0.4 is 4.74 Å². The van der Waals surface area contributed by atoms with Crippen LogP contribution in [-0.4, -0.2) is 10.3 Å². The van der Waals surface area contributed by atoms with E-state index >= 15 is 0 Å². The second kappa shape index (κ2) is 5.01. The molecule has 2 aromatic rings. The molecule has 0 fully saturated rings. The summed E-state index contributed by atoms with van der Waals surface area (Å²) >= 11 is 0. The van der Waals surface area contributed by atoms with Crippen molar-refractivity contribution in [3.8, 4) is 5.75 Å². The van der Waals surface area contributed by atoms with Crippen LogP contribution in [0, 0.1) is 6.92 Å². The number of nitrogens with zero attached hydrogens (tertiary/aromatic N) is 1. The van der Waals surface area contributed by atoms with Crippen LogP contribution in [0.5, 0.6) is 5.75 Å². The van der Waals surface area contributed by atoms with Crippen LogP contribution in [0.4, 0.5) is 0 Å². The van der Waals surface area contributed by atoms with Crippen molar-refractivity contribution in [3.63, 3.8) is 0 Å². The Morgan fingerprint density at radius 2 is 2.29 bits per heavy atom. The van der Waals surface area contributed by atoms with Crippen molar-refractivity contribution >= 4 is 0 Å². The van der Waals surface area contributed by atoms with E-state index < -0.39 is 6.10 Å². The number of aliphatic hydroxyl groups is 1. The van der Waals surface area contributed by atoms with E-state index in [0.717, 1.165) is 16.7 Å². The number of hydrogen-bond acceptors (Lipinski definition) is 4. The van der Waals surface area contributed by atoms with Crippen molar-refractivity contribution in [2.75, 3.05) is 0 Å². The molecule has 2 rings (SSSR count). The monoisotopic (exact) mass is 233 g/mol. The number of hydrogen-bond donors (Lipinski definition) is 1. The predicted octanol–water partition coefficient (Wildman–Crippen LogP) is 2.62. The minimum atomic E-state index is -0.548. The minimum Gasteiger partial charge on any atom is -0.488 e. The molecule has 1 atom stereocenters. The number of rotatable bonds is 4. The van der Waals surface area contributed by atoms with Gasteiger partial charge in [-0.25, -0.2) is 0 Å². The van der Waals surface area contributed by atoms with Gasteiger partial charge < -0.3 is 14.4 Å². The normalized spacial score (nSPS) is 12.4. The van der Waals surface area contributed by atoms with Crippen molar-refractivity contribution in [2.24, 2.45) is 0 Å². The molecule has 1 unspecified atom stereocenters. The quantitative estimate of drug-likeness (QED) is 0.881. The summed E-state index contributed by atoms with van der Waals surface area (Å²) in [6, 6.07) is 5.74. The van der Waals surface area contributed by atoms with Crippen LogP contribution in [0.3, 0.4) is 0 Å². The van der Waals surface area contributed by atoms with Gasteiger partial charge in [0, 0.05) is 11.1 Å². The summed E-state index contributed by atoms with van der Waals surface area (Å²) in [6.45, 7) is 4.09. The first kappa shape index (κ1) is 11.7. The van der Waals surface area contributed by atoms with Crippen LogP contribution in [0.2, 0.25) is 0 Å². The molecule has 90 valence electrons. The molecule has 17 heavy (non-hydrogen) atoms. The third kappa shape index (κ3) is 2.85. The predicted molar refractivity (Wildman–Crippen MR) is 62.6 cm³/mol. The van der Waals surface area contributed by atoms with Gasteiger partial charge in [0.15, 0.2) is 0 Å². The molecule has 0 spiro atoms. The van der Waals surface area contributed by atoms with Crippen molar-refractivity contribution in [1.82, 2.24) is 5.16 Å². The summed E-state index contributed by atoms with van der Waals surface area (Å²) in [5, 5.41) is 13.2. The van der Waals surface area contributed by atoms with Gasteiger partial charge in [-0.1, -0.05) is 17.3 Å². The number of benzene rings is 1. The largest absolute Gasteiger partial charge is 0.488 e. The second-order valence-electron chi connectivity index (χ2n) is 4.04. The van der Waals surface area contributed by atoms with Crippen molar-refractivity contribution < 1.29 is 14.4 Å². The maximum Gasteiger partial charge on any atom is 0.130 e. The molecule has 0 radical (unpaired) electrons. The standard InChI is InChI=1S/C13H15NO3/c1-9-3-4-12(10(2)15)13(5-9)16-7-11-6-14-17-8-11/h3-6,8,10,15H,7H2,1-2H3. The Hall–Kier alpha value is -1.81. The molecule has 0 aliphatic rings. The van der Waals surface area contributed by atoms with Crippen molar-refractivity contribution in [3.05, 3.63) is 47.3 Å². The van der Waals surface area contributed by atoms with Crippen LogP contribution in [0.1, 0.15) is 29.7 Å². The first-order valence-corrected chi connectivity index (χ1v) is 5.46. The van der Waals surface area contributed by atoms with Gasteiger partial charge in [-0.15, -0.1) is 0 Å². The smallest absolute Gasteiger partial charge is 0.130 e. The number of aliphatic hydroxyl groups excluding tert-OH is 1. The van der Waals surface area contributed by atoms with Gasteiger partial charge in [0.2, 0.25) is 0 Å². The second-order valence-corrected chi connectivity index (χ2v) is 4.04. The third-order valence-corrected chi connectivity index (χ3v) is 2.50. The zero-order valence-electron chi connectivity index (χ0n) is 9.88. The zero-order chi connectivity index (χ0) is 12.3. The summed E-state index contributed by atoms with van der Waals surface area (Å²) < 4.78 is 10.4. The molecule has 1 aromatic heterocycles. The number of aromatic nitrogens is 1. The van der Waals surface area contributed by atoms with Gasteiger partial charge >= 0.3 is 0 Å². The highest BCUT2D eigenvalue weighted by atomic mass is 16.5. The average molecular weight is 233 g/mol. The molecular formula is C13H15NO3. The third-order valence-electron chi connectivity index (χ3n) is 2.50. The van der Waals surface area contributed by atoms with E-state index in [1.165, 1.54) is 6.26 Å². The lowest BCUT2D eigenvalue weighted by molar-refractivity contribution is 0.190. The Morgan fingerprint density at radius 1 is 1.47 bits per heavy atom. The van der Waals surface area contributed by atoms with Gasteiger partial charge in [0.1, 0.15) is 18.6 Å². The van der Waals surface area contributed by atoms with E-state index in [1.54, 1.807) is 13.1 Å². The molecule has 0 amide bonds. The molecule has 1 N–H and O–H groups in total. The van der Waals surface area contributed by atoms with E-state index in [0.29, 0.717) is 12.4 Å². The van der Waals surface area contributed by atoms with E-state index in [4.69, 9.17) is 9.26 Å². The molecule has 0 aliphatic carbocycles. The molecular weight excluding hydrogens is 218 g/mol. The van der Waals surface area contributed by atoms with E-state index in [-0.39, 0.29) is 0 Å². The van der Waals surface area contributed by atoms with Crippen molar-refractivity contribution in [1.29, 1.82) is 0 Å². The Kier molecular flexibility index (Phi) is 3.44. The fourth-order valence-corrected chi connectivity index (χ4v) is 1.57. The van der Waals surface area contributed by atoms with Crippen LogP contribution in [0.25, 0.3) is 0 Å². The summed E-state index contributed by atoms with van der Waals surface area (Å²) in [7, 11) is 0. The van der Waals surface area contributed by atoms with Gasteiger partial charge in [-0.05, 0) is 25.5 Å². The number of aryl methyl sites for hydroxylation is 1. The fraction of sp³-hybridized carbons (Fsp3) is 0.308. The lowest BCUT2D eigenvalue weighted by Gasteiger charge is -2.13. The highest BCUT2D eigenvalue weighted by Crippen LogP contribution is 2.26. The molecule has 0 saturated carbocycles. The molecule has 0 saturated heterocycles. The minimum absolute atomic E-state index is 0.382. The molecule has 0 bridgehead atoms. The summed E-state index contributed by atoms with van der Waals surface area (Å²) in [6.07, 6.45) is 2.60. The Bertz CT molecular complexity index is 477. The van der Waals surface area contributed by atoms with E-state index in [1.807, 2.05) is 25.1 Å². The van der Waals surface area contributed by atoms with Gasteiger partial charge in [-0.2, -0.15) is 0 Å². The van der Waals surface area contributed by atoms with Crippen LogP contribution >= 0.6 is 0 Å². The van der Waals surface area contributed by atoms with Crippen LogP contribution in [0.15, 0.2) is 35.2 Å². The van der Waals surface area contributed by atoms with Crippen molar-refractivity contribution in [2.45, 2.75) is 26.6 Å². The maximum absolute atomic E-state index is 9.64. The molecule has 0 aliphatic heterocycles. The zero-order valence-corrected chi connectivity index (χ0v) is 9.88. The van der Waals surface area contributed by atoms with Gasteiger partial charge in [0.05, 0.1) is 12.3 Å². The van der Waals surface area contributed by atoms with E-state index in [2.05, 4.69) is 5.16 Å². The Balaban J connectivity index is 2.16. The highest BCUT2D eigenvalue weighted by molar-refractivity contribution is 5.38. The Morgan fingerprint density at radius 3 is 2.94 bits per heavy atom. The Labute approximate surface area is 99.8 Å². The summed E-state index contributed by atoms with van der Waals surface area (Å²) in [5.41, 5.74) is 2.74. The molecule has 4 heteroatoms. The lowest BCUT2D eigenvalue weighted by atomic mass is 10.1. The first-order chi connectivity index (χ1) is 8.16. The van der Waals surface area contributed by atoms with Gasteiger partial charge in [0.25, 0.3) is 0 Å². The highest BCUT2D eigenvalue weighted by Gasteiger charge is 2.09. The van der Waals surface area contributed by atoms with Crippen LogP contribution in [-0.2, 0) is 6.61 Å². The molecule has 1 aromatic carbocycles. The molecule has 4 nitrogen and oxygen atoms in total. The summed E-state index contributed by atoms with van der Waals surface area (Å²) in [5.74, 6) is 0.696. The first-order valence-electron chi connectivity index (χ1n) is 5.46. The maximum atomic E-state index is 9.64. The lowest BCUT2D eigenvalue weighted by Crippen LogP contribution is -2.00. The SMILES string of the molecule is Cc1ccc(C(C)O)c(OCc2cnoc2)c1.